The van der Waals surface area contributed by atoms with Gasteiger partial charge in [0.15, 0.2) is 0 Å². The monoisotopic (exact) mass is 304 g/mol. The van der Waals surface area contributed by atoms with Crippen molar-refractivity contribution >= 4 is 10.1 Å². The van der Waals surface area contributed by atoms with E-state index in [0.29, 0.717) is 11.8 Å². The first-order chi connectivity index (χ1) is 9.88. The second-order valence-corrected chi connectivity index (χ2v) is 6.91. The quantitative estimate of drug-likeness (QED) is 0.841. The smallest absolute Gasteiger partial charge is 0.282 e. The van der Waals surface area contributed by atoms with Crippen LogP contribution >= 0.6 is 0 Å². The summed E-state index contributed by atoms with van der Waals surface area (Å²) < 4.78 is 31.0. The molecule has 0 aliphatic rings. The third-order valence-electron chi connectivity index (χ3n) is 3.82. The third-order valence-corrected chi connectivity index (χ3v) is 4.69. The molecule has 3 nitrogen and oxygen atoms in total. The standard InChI is InChI=1S/C17H20O3S/c1-13(15-6-4-3-5-7-15)12-14(2)16-8-10-17(11-9-16)21(18,19)20/h3-11,13-14H,12H2,1-2H3,(H,18,19,20). The number of hydrogen-bond acceptors (Lipinski definition) is 2. The van der Waals surface area contributed by atoms with Gasteiger partial charge in [0.1, 0.15) is 0 Å². The van der Waals surface area contributed by atoms with E-state index in [1.807, 2.05) is 18.2 Å². The van der Waals surface area contributed by atoms with Gasteiger partial charge in [-0.1, -0.05) is 56.3 Å². The molecule has 0 fully saturated rings. The van der Waals surface area contributed by atoms with Gasteiger partial charge in [0, 0.05) is 0 Å². The number of benzene rings is 2. The highest BCUT2D eigenvalue weighted by atomic mass is 32.2. The summed E-state index contributed by atoms with van der Waals surface area (Å²) in [5, 5.41) is 0. The van der Waals surface area contributed by atoms with Gasteiger partial charge in [-0.2, -0.15) is 8.42 Å². The molecule has 0 saturated heterocycles. The van der Waals surface area contributed by atoms with E-state index in [1.165, 1.54) is 17.7 Å². The molecule has 0 bridgehead atoms. The zero-order valence-corrected chi connectivity index (χ0v) is 13.0. The molecule has 0 aromatic heterocycles. The Hall–Kier alpha value is -1.65. The highest BCUT2D eigenvalue weighted by Crippen LogP contribution is 2.29. The van der Waals surface area contributed by atoms with E-state index in [9.17, 15) is 8.42 Å². The Balaban J connectivity index is 2.08. The first kappa shape index (κ1) is 15.7. The average molecular weight is 304 g/mol. The van der Waals surface area contributed by atoms with Gasteiger partial charge in [-0.05, 0) is 41.5 Å². The molecule has 21 heavy (non-hydrogen) atoms. The Bertz CT molecular complexity index is 676. The van der Waals surface area contributed by atoms with Crippen LogP contribution in [0.3, 0.4) is 0 Å². The highest BCUT2D eigenvalue weighted by Gasteiger charge is 2.14. The van der Waals surface area contributed by atoms with Crippen molar-refractivity contribution < 1.29 is 13.0 Å². The Morgan fingerprint density at radius 2 is 1.33 bits per heavy atom. The molecule has 4 heteroatoms. The molecule has 0 amide bonds. The molecule has 112 valence electrons. The Labute approximate surface area is 126 Å². The molecule has 0 spiro atoms. The topological polar surface area (TPSA) is 54.4 Å². The zero-order valence-electron chi connectivity index (χ0n) is 12.2. The van der Waals surface area contributed by atoms with Crippen LogP contribution in [0.15, 0.2) is 59.5 Å². The lowest BCUT2D eigenvalue weighted by atomic mass is 9.87. The van der Waals surface area contributed by atoms with Crippen LogP contribution in [0.5, 0.6) is 0 Å². The van der Waals surface area contributed by atoms with Crippen molar-refractivity contribution in [2.45, 2.75) is 37.0 Å². The van der Waals surface area contributed by atoms with Crippen LogP contribution in [0.2, 0.25) is 0 Å². The van der Waals surface area contributed by atoms with Gasteiger partial charge in [0.2, 0.25) is 0 Å². The van der Waals surface area contributed by atoms with Crippen molar-refractivity contribution in [1.29, 1.82) is 0 Å². The molecule has 0 radical (unpaired) electrons. The van der Waals surface area contributed by atoms with Gasteiger partial charge in [-0.3, -0.25) is 4.55 Å². The van der Waals surface area contributed by atoms with Crippen LogP contribution in [-0.4, -0.2) is 13.0 Å². The summed E-state index contributed by atoms with van der Waals surface area (Å²) in [5.41, 5.74) is 2.38. The van der Waals surface area contributed by atoms with Crippen molar-refractivity contribution in [3.8, 4) is 0 Å². The summed E-state index contributed by atoms with van der Waals surface area (Å²) in [6.07, 6.45) is 0.981. The molecule has 1 N–H and O–H groups in total. The fourth-order valence-electron chi connectivity index (χ4n) is 2.55. The predicted molar refractivity (Wildman–Crippen MR) is 84.1 cm³/mol. The van der Waals surface area contributed by atoms with Gasteiger partial charge >= 0.3 is 0 Å². The summed E-state index contributed by atoms with van der Waals surface area (Å²) in [5.74, 6) is 0.748. The Morgan fingerprint density at radius 1 is 0.857 bits per heavy atom. The summed E-state index contributed by atoms with van der Waals surface area (Å²) in [4.78, 5) is -0.0606. The van der Waals surface area contributed by atoms with Crippen LogP contribution in [0.4, 0.5) is 0 Å². The summed E-state index contributed by atoms with van der Waals surface area (Å²) in [6, 6.07) is 16.8. The summed E-state index contributed by atoms with van der Waals surface area (Å²) in [7, 11) is -4.11. The van der Waals surface area contributed by atoms with Crippen LogP contribution in [0.25, 0.3) is 0 Å². The molecular weight excluding hydrogens is 284 g/mol. The van der Waals surface area contributed by atoms with E-state index in [4.69, 9.17) is 4.55 Å². The number of rotatable bonds is 5. The van der Waals surface area contributed by atoms with Crippen molar-refractivity contribution in [3.05, 3.63) is 65.7 Å². The minimum Gasteiger partial charge on any atom is -0.282 e. The third kappa shape index (κ3) is 4.16. The van der Waals surface area contributed by atoms with Gasteiger partial charge in [0.25, 0.3) is 10.1 Å². The molecule has 0 aliphatic heterocycles. The maximum absolute atomic E-state index is 11.0. The summed E-state index contributed by atoms with van der Waals surface area (Å²) >= 11 is 0. The van der Waals surface area contributed by atoms with Gasteiger partial charge in [-0.15, -0.1) is 0 Å². The fourth-order valence-corrected chi connectivity index (χ4v) is 3.03. The van der Waals surface area contributed by atoms with Crippen LogP contribution in [0.1, 0.15) is 43.2 Å². The maximum atomic E-state index is 11.0. The Morgan fingerprint density at radius 3 is 1.81 bits per heavy atom. The fraction of sp³-hybridized carbons (Fsp3) is 0.294. The van der Waals surface area contributed by atoms with Crippen molar-refractivity contribution in [1.82, 2.24) is 0 Å². The first-order valence-electron chi connectivity index (χ1n) is 7.00. The lowest BCUT2D eigenvalue weighted by Gasteiger charge is -2.18. The molecule has 0 saturated carbocycles. The van der Waals surface area contributed by atoms with Gasteiger partial charge in [-0.25, -0.2) is 0 Å². The first-order valence-corrected chi connectivity index (χ1v) is 8.44. The normalized spacial score (nSPS) is 14.6. The highest BCUT2D eigenvalue weighted by molar-refractivity contribution is 7.85. The van der Waals surface area contributed by atoms with E-state index in [0.717, 1.165) is 12.0 Å². The molecule has 2 aromatic rings. The van der Waals surface area contributed by atoms with E-state index in [-0.39, 0.29) is 4.90 Å². The minimum atomic E-state index is -4.11. The lowest BCUT2D eigenvalue weighted by molar-refractivity contribution is 0.483. The molecule has 2 aromatic carbocycles. The van der Waals surface area contributed by atoms with Crippen LogP contribution in [-0.2, 0) is 10.1 Å². The van der Waals surface area contributed by atoms with E-state index in [1.54, 1.807) is 12.1 Å². The van der Waals surface area contributed by atoms with E-state index < -0.39 is 10.1 Å². The lowest BCUT2D eigenvalue weighted by Crippen LogP contribution is -2.02. The largest absolute Gasteiger partial charge is 0.294 e. The molecule has 2 atom stereocenters. The molecule has 0 aliphatic carbocycles. The summed E-state index contributed by atoms with van der Waals surface area (Å²) in [6.45, 7) is 4.32. The van der Waals surface area contributed by atoms with Crippen LogP contribution < -0.4 is 0 Å². The van der Waals surface area contributed by atoms with Crippen molar-refractivity contribution in [3.63, 3.8) is 0 Å². The molecular formula is C17H20O3S. The van der Waals surface area contributed by atoms with Gasteiger partial charge < -0.3 is 0 Å². The number of hydrogen-bond donors (Lipinski definition) is 1. The van der Waals surface area contributed by atoms with Gasteiger partial charge in [0.05, 0.1) is 4.90 Å². The van der Waals surface area contributed by atoms with E-state index >= 15 is 0 Å². The molecule has 2 rings (SSSR count). The van der Waals surface area contributed by atoms with Crippen molar-refractivity contribution in [2.24, 2.45) is 0 Å². The Kier molecular flexibility index (Phi) is 4.80. The van der Waals surface area contributed by atoms with Crippen LogP contribution in [0, 0.1) is 0 Å². The average Bonchev–Trinajstić information content (AvgIpc) is 2.47. The minimum absolute atomic E-state index is 0.0606. The van der Waals surface area contributed by atoms with Crippen molar-refractivity contribution in [2.75, 3.05) is 0 Å². The SMILES string of the molecule is CC(CC(C)c1ccc(S(=O)(=O)O)cc1)c1ccccc1. The second-order valence-electron chi connectivity index (χ2n) is 5.49. The zero-order chi connectivity index (χ0) is 15.5. The maximum Gasteiger partial charge on any atom is 0.294 e. The molecule has 2 unspecified atom stereocenters. The predicted octanol–water partition coefficient (Wildman–Crippen LogP) is 4.23. The molecule has 0 heterocycles. The second kappa shape index (κ2) is 6.41. The van der Waals surface area contributed by atoms with E-state index in [2.05, 4.69) is 26.0 Å².